The highest BCUT2D eigenvalue weighted by Gasteiger charge is 2.19. The first-order valence-corrected chi connectivity index (χ1v) is 8.50. The number of carbonyl (C=O) groups is 1. The van der Waals surface area contributed by atoms with Crippen molar-refractivity contribution in [1.82, 2.24) is 9.55 Å². The summed E-state index contributed by atoms with van der Waals surface area (Å²) in [6.45, 7) is 1.91. The van der Waals surface area contributed by atoms with Gasteiger partial charge >= 0.3 is 0 Å². The van der Waals surface area contributed by atoms with Gasteiger partial charge in [0.15, 0.2) is 10.9 Å². The molecule has 3 aromatic rings. The molecule has 0 aliphatic rings. The smallest absolute Gasteiger partial charge is 0.175 e. The van der Waals surface area contributed by atoms with Crippen molar-refractivity contribution >= 4 is 17.5 Å². The summed E-state index contributed by atoms with van der Waals surface area (Å²) in [6, 6.07) is 17.1. The quantitative estimate of drug-likeness (QED) is 0.498. The molecule has 0 bridgehead atoms. The summed E-state index contributed by atoms with van der Waals surface area (Å²) in [5, 5.41) is 0.573. The summed E-state index contributed by atoms with van der Waals surface area (Å²) in [6.07, 6.45) is 3.64. The van der Waals surface area contributed by atoms with Crippen molar-refractivity contribution in [2.45, 2.75) is 17.3 Å². The Morgan fingerprint density at radius 1 is 1.12 bits per heavy atom. The Bertz CT molecular complexity index is 813. The third-order valence-corrected chi connectivity index (χ3v) is 4.75. The standard InChI is InChI=1S/C19H18N2O2S/c1-14(18(22)15-6-4-3-5-7-15)24-19-20-12-13-21(19)16-8-10-17(23-2)11-9-16/h3-14H,1-2H3. The van der Waals surface area contributed by atoms with Crippen LogP contribution in [0.3, 0.4) is 0 Å². The number of carbonyl (C=O) groups excluding carboxylic acids is 1. The molecule has 3 rings (SSSR count). The molecule has 0 spiro atoms. The molecule has 0 aliphatic carbocycles. The van der Waals surface area contributed by atoms with Crippen molar-refractivity contribution in [2.75, 3.05) is 7.11 Å². The SMILES string of the molecule is COc1ccc(-n2ccnc2SC(C)C(=O)c2ccccc2)cc1. The van der Waals surface area contributed by atoms with Crippen LogP contribution in [0.2, 0.25) is 0 Å². The van der Waals surface area contributed by atoms with E-state index in [1.807, 2.05) is 72.3 Å². The Kier molecular flexibility index (Phi) is 5.01. The minimum Gasteiger partial charge on any atom is -0.497 e. The van der Waals surface area contributed by atoms with Gasteiger partial charge in [0.25, 0.3) is 0 Å². The van der Waals surface area contributed by atoms with Crippen LogP contribution < -0.4 is 4.74 Å². The lowest BCUT2D eigenvalue weighted by atomic mass is 10.1. The molecule has 0 amide bonds. The maximum absolute atomic E-state index is 12.5. The Labute approximate surface area is 145 Å². The second-order valence-electron chi connectivity index (χ2n) is 5.27. The number of thioether (sulfide) groups is 1. The highest BCUT2D eigenvalue weighted by atomic mass is 32.2. The summed E-state index contributed by atoms with van der Waals surface area (Å²) in [4.78, 5) is 16.9. The summed E-state index contributed by atoms with van der Waals surface area (Å²) >= 11 is 1.46. The fraction of sp³-hybridized carbons (Fsp3) is 0.158. The first-order valence-electron chi connectivity index (χ1n) is 7.62. The monoisotopic (exact) mass is 338 g/mol. The third kappa shape index (κ3) is 3.51. The van der Waals surface area contributed by atoms with Crippen LogP contribution in [0, 0.1) is 0 Å². The minimum absolute atomic E-state index is 0.102. The highest BCUT2D eigenvalue weighted by Crippen LogP contribution is 2.27. The Morgan fingerprint density at radius 3 is 2.50 bits per heavy atom. The summed E-state index contributed by atoms with van der Waals surface area (Å²) in [5.74, 6) is 0.908. The number of benzene rings is 2. The van der Waals surface area contributed by atoms with E-state index in [0.29, 0.717) is 0 Å². The average Bonchev–Trinajstić information content (AvgIpc) is 3.10. The maximum atomic E-state index is 12.5. The number of hydrogen-bond acceptors (Lipinski definition) is 4. The molecule has 2 aromatic carbocycles. The summed E-state index contributed by atoms with van der Waals surface area (Å²) in [7, 11) is 1.64. The van der Waals surface area contributed by atoms with E-state index in [2.05, 4.69) is 4.98 Å². The molecule has 24 heavy (non-hydrogen) atoms. The van der Waals surface area contributed by atoms with E-state index in [9.17, 15) is 4.79 Å². The fourth-order valence-corrected chi connectivity index (χ4v) is 3.33. The van der Waals surface area contributed by atoms with Gasteiger partial charge in [0.1, 0.15) is 5.75 Å². The first kappa shape index (κ1) is 16.3. The van der Waals surface area contributed by atoms with E-state index in [1.54, 1.807) is 13.3 Å². The molecule has 1 heterocycles. The first-order chi connectivity index (χ1) is 11.7. The Hall–Kier alpha value is -2.53. The van der Waals surface area contributed by atoms with E-state index in [4.69, 9.17) is 4.74 Å². The van der Waals surface area contributed by atoms with Gasteiger partial charge in [-0.15, -0.1) is 0 Å². The number of hydrogen-bond donors (Lipinski definition) is 0. The van der Waals surface area contributed by atoms with Gasteiger partial charge in [0.2, 0.25) is 0 Å². The lowest BCUT2D eigenvalue weighted by Crippen LogP contribution is -2.14. The minimum atomic E-state index is -0.216. The van der Waals surface area contributed by atoms with Gasteiger partial charge in [-0.25, -0.2) is 4.98 Å². The lowest BCUT2D eigenvalue weighted by molar-refractivity contribution is 0.0994. The molecule has 1 aromatic heterocycles. The predicted molar refractivity (Wildman–Crippen MR) is 96.2 cm³/mol. The molecule has 122 valence electrons. The van der Waals surface area contributed by atoms with Gasteiger partial charge in [0.05, 0.1) is 12.4 Å². The largest absolute Gasteiger partial charge is 0.497 e. The number of aromatic nitrogens is 2. The van der Waals surface area contributed by atoms with Crippen LogP contribution in [-0.2, 0) is 0 Å². The molecular weight excluding hydrogens is 320 g/mol. The fourth-order valence-electron chi connectivity index (χ4n) is 2.37. The molecule has 1 atom stereocenters. The highest BCUT2D eigenvalue weighted by molar-refractivity contribution is 8.00. The summed E-state index contributed by atoms with van der Waals surface area (Å²) in [5.41, 5.74) is 1.70. The van der Waals surface area contributed by atoms with Crippen molar-refractivity contribution in [3.05, 3.63) is 72.6 Å². The molecule has 0 radical (unpaired) electrons. The van der Waals surface area contributed by atoms with E-state index in [0.717, 1.165) is 22.2 Å². The van der Waals surface area contributed by atoms with E-state index < -0.39 is 0 Å². The molecule has 5 heteroatoms. The maximum Gasteiger partial charge on any atom is 0.175 e. The van der Waals surface area contributed by atoms with E-state index >= 15 is 0 Å². The lowest BCUT2D eigenvalue weighted by Gasteiger charge is -2.12. The third-order valence-electron chi connectivity index (χ3n) is 3.67. The van der Waals surface area contributed by atoms with Crippen LogP contribution in [0.5, 0.6) is 5.75 Å². The number of ketones is 1. The number of methoxy groups -OCH3 is 1. The Balaban J connectivity index is 1.79. The molecule has 0 N–H and O–H groups in total. The molecule has 0 fully saturated rings. The molecule has 1 unspecified atom stereocenters. The van der Waals surface area contributed by atoms with E-state index in [1.165, 1.54) is 11.8 Å². The molecule has 0 saturated heterocycles. The molecule has 0 aliphatic heterocycles. The second-order valence-corrected chi connectivity index (χ2v) is 6.58. The van der Waals surface area contributed by atoms with Gasteiger partial charge < -0.3 is 4.74 Å². The number of imidazole rings is 1. The number of rotatable bonds is 6. The molecule has 0 saturated carbocycles. The van der Waals surface area contributed by atoms with Crippen LogP contribution in [-0.4, -0.2) is 27.7 Å². The van der Waals surface area contributed by atoms with Gasteiger partial charge in [0, 0.05) is 23.6 Å². The second kappa shape index (κ2) is 7.36. The van der Waals surface area contributed by atoms with Crippen molar-refractivity contribution in [2.24, 2.45) is 0 Å². The topological polar surface area (TPSA) is 44.1 Å². The van der Waals surface area contributed by atoms with Crippen LogP contribution in [0.1, 0.15) is 17.3 Å². The van der Waals surface area contributed by atoms with Crippen molar-refractivity contribution in [1.29, 1.82) is 0 Å². The van der Waals surface area contributed by atoms with Gasteiger partial charge in [-0.05, 0) is 31.2 Å². The van der Waals surface area contributed by atoms with Crippen LogP contribution >= 0.6 is 11.8 Å². The Morgan fingerprint density at radius 2 is 1.83 bits per heavy atom. The summed E-state index contributed by atoms with van der Waals surface area (Å²) < 4.78 is 7.16. The number of nitrogens with zero attached hydrogens (tertiary/aromatic N) is 2. The van der Waals surface area contributed by atoms with Crippen molar-refractivity contribution in [3.63, 3.8) is 0 Å². The van der Waals surface area contributed by atoms with Crippen LogP contribution in [0.4, 0.5) is 0 Å². The number of Topliss-reactive ketones (excluding diaryl/α,β-unsaturated/α-hetero) is 1. The van der Waals surface area contributed by atoms with Gasteiger partial charge in [-0.1, -0.05) is 42.1 Å². The zero-order valence-corrected chi connectivity index (χ0v) is 14.4. The van der Waals surface area contributed by atoms with Gasteiger partial charge in [-0.3, -0.25) is 9.36 Å². The predicted octanol–water partition coefficient (Wildman–Crippen LogP) is 4.24. The van der Waals surface area contributed by atoms with Crippen LogP contribution in [0.15, 0.2) is 72.1 Å². The number of ether oxygens (including phenoxy) is 1. The van der Waals surface area contributed by atoms with Gasteiger partial charge in [-0.2, -0.15) is 0 Å². The van der Waals surface area contributed by atoms with Crippen LogP contribution in [0.25, 0.3) is 5.69 Å². The zero-order valence-electron chi connectivity index (χ0n) is 13.5. The molecular formula is C19H18N2O2S. The molecule has 4 nitrogen and oxygen atoms in total. The van der Waals surface area contributed by atoms with E-state index in [-0.39, 0.29) is 11.0 Å². The normalized spacial score (nSPS) is 11.9. The van der Waals surface area contributed by atoms with Crippen molar-refractivity contribution in [3.8, 4) is 11.4 Å². The average molecular weight is 338 g/mol. The zero-order chi connectivity index (χ0) is 16.9. The van der Waals surface area contributed by atoms with Crippen molar-refractivity contribution < 1.29 is 9.53 Å².